The van der Waals surface area contributed by atoms with Crippen molar-refractivity contribution in [1.29, 1.82) is 0 Å². The van der Waals surface area contributed by atoms with E-state index in [9.17, 15) is 0 Å². The van der Waals surface area contributed by atoms with Crippen LogP contribution in [-0.4, -0.2) is 14.6 Å². The minimum Gasteiger partial charge on any atom is -0.217 e. The van der Waals surface area contributed by atoms with Crippen LogP contribution >= 0.6 is 11.3 Å². The number of hydrogen-bond donors (Lipinski definition) is 0. The van der Waals surface area contributed by atoms with Gasteiger partial charge in [-0.25, -0.2) is 9.50 Å². The summed E-state index contributed by atoms with van der Waals surface area (Å²) in [6.07, 6.45) is 2.16. The maximum absolute atomic E-state index is 4.78. The van der Waals surface area contributed by atoms with Gasteiger partial charge in [-0.05, 0) is 44.4 Å². The van der Waals surface area contributed by atoms with Crippen LogP contribution in [0, 0.1) is 20.8 Å². The van der Waals surface area contributed by atoms with Gasteiger partial charge in [0.15, 0.2) is 0 Å². The number of fused-ring (bicyclic) bond motifs is 1. The Kier molecular flexibility index (Phi) is 3.34. The van der Waals surface area contributed by atoms with Crippen molar-refractivity contribution in [3.63, 3.8) is 0 Å². The van der Waals surface area contributed by atoms with Gasteiger partial charge in [0, 0.05) is 12.0 Å². The molecule has 0 radical (unpaired) electrons. The van der Waals surface area contributed by atoms with Gasteiger partial charge in [-0.1, -0.05) is 30.4 Å². The minimum atomic E-state index is 0.999. The van der Waals surface area contributed by atoms with Gasteiger partial charge in [-0.3, -0.25) is 0 Å². The van der Waals surface area contributed by atoms with Gasteiger partial charge < -0.3 is 0 Å². The van der Waals surface area contributed by atoms with Crippen molar-refractivity contribution < 1.29 is 0 Å². The second-order valence-electron chi connectivity index (χ2n) is 5.29. The molecule has 0 amide bonds. The molecule has 3 nitrogen and oxygen atoms in total. The van der Waals surface area contributed by atoms with E-state index in [2.05, 4.69) is 51.0 Å². The maximum atomic E-state index is 4.78. The molecule has 0 atom stereocenters. The van der Waals surface area contributed by atoms with E-state index < -0.39 is 0 Å². The number of aromatic nitrogens is 3. The van der Waals surface area contributed by atoms with Crippen molar-refractivity contribution in [3.8, 4) is 11.3 Å². The number of rotatable bonds is 3. The van der Waals surface area contributed by atoms with Gasteiger partial charge in [0.05, 0.1) is 11.4 Å². The first-order chi connectivity index (χ1) is 9.60. The first-order valence-electron chi connectivity index (χ1n) is 7.02. The highest BCUT2D eigenvalue weighted by molar-refractivity contribution is 7.16. The Hall–Kier alpha value is -1.68. The number of nitrogens with zero attached hydrogens (tertiary/aromatic N) is 3. The molecule has 0 spiro atoms. The number of hydrogen-bond acceptors (Lipinski definition) is 3. The Morgan fingerprint density at radius 1 is 1.15 bits per heavy atom. The van der Waals surface area contributed by atoms with E-state index in [0.717, 1.165) is 29.2 Å². The topological polar surface area (TPSA) is 30.2 Å². The highest BCUT2D eigenvalue weighted by Crippen LogP contribution is 2.28. The third kappa shape index (κ3) is 2.14. The van der Waals surface area contributed by atoms with Crippen LogP contribution in [-0.2, 0) is 6.42 Å². The van der Waals surface area contributed by atoms with E-state index in [4.69, 9.17) is 4.98 Å². The Labute approximate surface area is 123 Å². The zero-order valence-electron chi connectivity index (χ0n) is 12.4. The second-order valence-corrected chi connectivity index (χ2v) is 6.33. The molecule has 0 aliphatic rings. The first kappa shape index (κ1) is 13.3. The summed E-state index contributed by atoms with van der Waals surface area (Å²) in [5, 5.41) is 5.83. The summed E-state index contributed by atoms with van der Waals surface area (Å²) < 4.78 is 1.99. The summed E-state index contributed by atoms with van der Waals surface area (Å²) >= 11 is 1.70. The van der Waals surface area contributed by atoms with Crippen LogP contribution < -0.4 is 0 Å². The molecule has 0 aliphatic carbocycles. The maximum Gasteiger partial charge on any atom is 0.212 e. The highest BCUT2D eigenvalue weighted by atomic mass is 32.1. The number of aryl methyl sites for hydroxylation is 4. The predicted octanol–water partition coefficient (Wildman–Crippen LogP) is 4.34. The van der Waals surface area contributed by atoms with E-state index in [1.165, 1.54) is 21.7 Å². The molecule has 2 heterocycles. The van der Waals surface area contributed by atoms with Crippen LogP contribution in [0.2, 0.25) is 0 Å². The molecule has 0 unspecified atom stereocenters. The third-order valence-electron chi connectivity index (χ3n) is 3.71. The van der Waals surface area contributed by atoms with Gasteiger partial charge >= 0.3 is 0 Å². The molecule has 4 heteroatoms. The average molecular weight is 285 g/mol. The highest BCUT2D eigenvalue weighted by Gasteiger charge is 2.14. The Morgan fingerprint density at radius 3 is 2.60 bits per heavy atom. The summed E-state index contributed by atoms with van der Waals surface area (Å²) in [5.41, 5.74) is 5.98. The summed E-state index contributed by atoms with van der Waals surface area (Å²) in [7, 11) is 0. The Bertz CT molecular complexity index is 767. The molecular weight excluding hydrogens is 266 g/mol. The summed E-state index contributed by atoms with van der Waals surface area (Å²) in [4.78, 5) is 5.77. The molecule has 2 aromatic heterocycles. The van der Waals surface area contributed by atoms with Crippen molar-refractivity contribution >= 4 is 16.3 Å². The molecule has 0 N–H and O–H groups in total. The van der Waals surface area contributed by atoms with Crippen molar-refractivity contribution in [2.45, 2.75) is 40.5 Å². The molecule has 0 saturated heterocycles. The summed E-state index contributed by atoms with van der Waals surface area (Å²) in [6.45, 7) is 8.55. The lowest BCUT2D eigenvalue weighted by molar-refractivity contribution is 0.835. The van der Waals surface area contributed by atoms with Gasteiger partial charge in [0.1, 0.15) is 5.01 Å². The van der Waals surface area contributed by atoms with E-state index in [1.807, 2.05) is 4.52 Å². The fourth-order valence-corrected chi connectivity index (χ4v) is 3.41. The van der Waals surface area contributed by atoms with Crippen molar-refractivity contribution in [3.05, 3.63) is 40.0 Å². The van der Waals surface area contributed by atoms with E-state index in [1.54, 1.807) is 11.3 Å². The number of imidazole rings is 1. The smallest absolute Gasteiger partial charge is 0.212 e. The molecule has 0 fully saturated rings. The van der Waals surface area contributed by atoms with Crippen LogP contribution in [0.5, 0.6) is 0 Å². The SMILES string of the molecule is CCCc1nn2c(C)c(-c3ccc(C)c(C)c3)nc2s1. The lowest BCUT2D eigenvalue weighted by Crippen LogP contribution is -1.92. The number of benzene rings is 1. The lowest BCUT2D eigenvalue weighted by Gasteiger charge is -2.03. The molecule has 0 bridgehead atoms. The monoisotopic (exact) mass is 285 g/mol. The molecule has 104 valence electrons. The summed E-state index contributed by atoms with van der Waals surface area (Å²) in [6, 6.07) is 6.52. The van der Waals surface area contributed by atoms with Crippen LogP contribution in [0.25, 0.3) is 16.2 Å². The van der Waals surface area contributed by atoms with Crippen molar-refractivity contribution in [2.75, 3.05) is 0 Å². The van der Waals surface area contributed by atoms with Crippen LogP contribution in [0.4, 0.5) is 0 Å². The second kappa shape index (κ2) is 5.02. The quantitative estimate of drug-likeness (QED) is 0.716. The van der Waals surface area contributed by atoms with Gasteiger partial charge in [0.2, 0.25) is 4.96 Å². The van der Waals surface area contributed by atoms with E-state index in [0.29, 0.717) is 0 Å². The van der Waals surface area contributed by atoms with Gasteiger partial charge in [-0.15, -0.1) is 0 Å². The minimum absolute atomic E-state index is 0.999. The zero-order valence-corrected chi connectivity index (χ0v) is 13.2. The standard InChI is InChI=1S/C16H19N3S/c1-5-6-14-18-19-12(4)15(17-16(19)20-14)13-8-7-10(2)11(3)9-13/h7-9H,5-6H2,1-4H3. The zero-order chi connectivity index (χ0) is 14.3. The normalized spacial score (nSPS) is 11.4. The fraction of sp³-hybridized carbons (Fsp3) is 0.375. The first-order valence-corrected chi connectivity index (χ1v) is 7.84. The van der Waals surface area contributed by atoms with Gasteiger partial charge in [0.25, 0.3) is 0 Å². The van der Waals surface area contributed by atoms with Crippen LogP contribution in [0.1, 0.15) is 35.2 Å². The lowest BCUT2D eigenvalue weighted by atomic mass is 10.0. The molecule has 1 aromatic carbocycles. The van der Waals surface area contributed by atoms with Crippen LogP contribution in [0.15, 0.2) is 18.2 Å². The molecule has 20 heavy (non-hydrogen) atoms. The Morgan fingerprint density at radius 2 is 1.95 bits per heavy atom. The average Bonchev–Trinajstić information content (AvgIpc) is 2.93. The molecule has 3 rings (SSSR count). The van der Waals surface area contributed by atoms with Crippen molar-refractivity contribution in [2.24, 2.45) is 0 Å². The molecule has 0 saturated carbocycles. The fourth-order valence-electron chi connectivity index (χ4n) is 2.37. The molecule has 0 aliphatic heterocycles. The third-order valence-corrected chi connectivity index (χ3v) is 4.68. The Balaban J connectivity index is 2.09. The summed E-state index contributed by atoms with van der Waals surface area (Å²) in [5.74, 6) is 0. The van der Waals surface area contributed by atoms with Crippen LogP contribution in [0.3, 0.4) is 0 Å². The predicted molar refractivity (Wildman–Crippen MR) is 84.5 cm³/mol. The largest absolute Gasteiger partial charge is 0.217 e. The molecule has 3 aromatic rings. The molecular formula is C16H19N3S. The van der Waals surface area contributed by atoms with E-state index >= 15 is 0 Å². The van der Waals surface area contributed by atoms with Gasteiger partial charge in [-0.2, -0.15) is 5.10 Å². The van der Waals surface area contributed by atoms with E-state index in [-0.39, 0.29) is 0 Å². The van der Waals surface area contributed by atoms with Crippen molar-refractivity contribution in [1.82, 2.24) is 14.6 Å².